The molecule has 0 spiro atoms. The lowest BCUT2D eigenvalue weighted by Crippen LogP contribution is -2.11. The molecule has 0 aliphatic carbocycles. The Kier molecular flexibility index (Phi) is 8.36. The number of rotatable bonds is 2. The molecule has 0 aliphatic heterocycles. The van der Waals surface area contributed by atoms with Crippen LogP contribution in [0, 0.1) is 5.82 Å². The predicted octanol–water partition coefficient (Wildman–Crippen LogP) is 5.19. The highest BCUT2D eigenvalue weighted by molar-refractivity contribution is 9.10. The molecule has 0 aliphatic rings. The second kappa shape index (κ2) is 10.0. The Labute approximate surface area is 165 Å². The summed E-state index contributed by atoms with van der Waals surface area (Å²) < 4.78 is 29.6. The molecular weight excluding hydrogens is 418 g/mol. The molecule has 0 saturated carbocycles. The molecule has 0 unspecified atom stereocenters. The minimum Gasteiger partial charge on any atom is -0.322 e. The quantitative estimate of drug-likeness (QED) is 0.595. The smallest absolute Gasteiger partial charge is 0.322 e. The van der Waals surface area contributed by atoms with Crippen molar-refractivity contribution in [1.29, 1.82) is 0 Å². The normalized spacial score (nSPS) is 10.4. The number of aromatic amines is 1. The molecule has 0 bridgehead atoms. The van der Waals surface area contributed by atoms with E-state index in [1.807, 2.05) is 26.8 Å². The molecule has 1 N–H and O–H groups in total. The van der Waals surface area contributed by atoms with Crippen molar-refractivity contribution in [3.05, 3.63) is 63.3 Å². The summed E-state index contributed by atoms with van der Waals surface area (Å²) in [4.78, 5) is 17.4. The summed E-state index contributed by atoms with van der Waals surface area (Å²) in [5, 5.41) is 0. The number of halogens is 3. The van der Waals surface area contributed by atoms with Gasteiger partial charge in [-0.1, -0.05) is 32.6 Å². The zero-order valence-electron chi connectivity index (χ0n) is 16.0. The van der Waals surface area contributed by atoms with Crippen molar-refractivity contribution in [1.82, 2.24) is 19.1 Å². The zero-order chi connectivity index (χ0) is 20.7. The molecule has 27 heavy (non-hydrogen) atoms. The maximum Gasteiger partial charge on any atom is 0.326 e. The number of fused-ring (bicyclic) bond motifs is 1. The lowest BCUT2D eigenvalue weighted by Gasteiger charge is -1.97. The van der Waals surface area contributed by atoms with E-state index in [0.717, 1.165) is 0 Å². The number of aromatic nitrogens is 4. The van der Waals surface area contributed by atoms with Gasteiger partial charge in [0.15, 0.2) is 4.73 Å². The van der Waals surface area contributed by atoms with E-state index >= 15 is 0 Å². The first kappa shape index (κ1) is 22.6. The van der Waals surface area contributed by atoms with Gasteiger partial charge in [0, 0.05) is 14.1 Å². The van der Waals surface area contributed by atoms with Gasteiger partial charge in [-0.2, -0.15) is 0 Å². The van der Waals surface area contributed by atoms with Gasteiger partial charge < -0.3 is 9.55 Å². The van der Waals surface area contributed by atoms with Crippen LogP contribution in [0.1, 0.15) is 32.2 Å². The standard InChI is InChI=1S/C9H10BrFN2.C8H7FN2O.C2H6/c1-4-5-7-8(6(2)11)12-9(10)13(7)3;1-11-6-4-2-3-5(9)7(6)10-8(11)12;1-2/h4-5H,2H2,1,3H3;2-4H,1H3,(H,10,12);1-2H3/b5-4-;;. The van der Waals surface area contributed by atoms with Gasteiger partial charge in [-0.15, -0.1) is 0 Å². The number of nitrogens with one attached hydrogen (secondary N) is 1. The third kappa shape index (κ3) is 5.03. The van der Waals surface area contributed by atoms with Gasteiger partial charge >= 0.3 is 5.69 Å². The van der Waals surface area contributed by atoms with Gasteiger partial charge in [-0.25, -0.2) is 18.6 Å². The van der Waals surface area contributed by atoms with Crippen LogP contribution in [0.25, 0.3) is 22.9 Å². The third-order valence-corrected chi connectivity index (χ3v) is 4.27. The van der Waals surface area contributed by atoms with Crippen molar-refractivity contribution in [2.75, 3.05) is 0 Å². The van der Waals surface area contributed by atoms with Crippen LogP contribution in [-0.2, 0) is 14.1 Å². The third-order valence-electron chi connectivity index (χ3n) is 3.56. The van der Waals surface area contributed by atoms with Crippen LogP contribution < -0.4 is 5.69 Å². The zero-order valence-corrected chi connectivity index (χ0v) is 17.6. The van der Waals surface area contributed by atoms with Crippen molar-refractivity contribution in [3.63, 3.8) is 0 Å². The molecule has 8 heteroatoms. The number of para-hydroxylation sites is 1. The molecule has 1 aromatic carbocycles. The molecule has 146 valence electrons. The number of H-pyrrole nitrogens is 1. The molecule has 0 fully saturated rings. The minimum atomic E-state index is -0.519. The summed E-state index contributed by atoms with van der Waals surface area (Å²) in [6.07, 6.45) is 3.62. The number of hydrogen-bond acceptors (Lipinski definition) is 2. The van der Waals surface area contributed by atoms with E-state index in [1.165, 1.54) is 10.6 Å². The molecule has 3 aromatic rings. The Balaban J connectivity index is 0.000000248. The summed E-state index contributed by atoms with van der Waals surface area (Å²) in [6, 6.07) is 4.58. The van der Waals surface area contributed by atoms with E-state index < -0.39 is 11.6 Å². The van der Waals surface area contributed by atoms with E-state index in [4.69, 9.17) is 0 Å². The Morgan fingerprint density at radius 3 is 2.44 bits per heavy atom. The SMILES string of the molecule is C=C(F)c1nc(Br)n(C)c1/C=C\C.CC.Cn1c(=O)[nH]c2c(F)cccc21. The predicted molar refractivity (Wildman–Crippen MR) is 111 cm³/mol. The van der Waals surface area contributed by atoms with Crippen LogP contribution in [0.3, 0.4) is 0 Å². The fourth-order valence-corrected chi connectivity index (χ4v) is 2.62. The lowest BCUT2D eigenvalue weighted by molar-refractivity contribution is 0.637. The highest BCUT2D eigenvalue weighted by Crippen LogP contribution is 2.23. The van der Waals surface area contributed by atoms with Crippen LogP contribution in [0.2, 0.25) is 0 Å². The number of nitrogens with zero attached hydrogens (tertiary/aromatic N) is 3. The topological polar surface area (TPSA) is 55.6 Å². The van der Waals surface area contributed by atoms with Gasteiger partial charge in [0.25, 0.3) is 0 Å². The first-order valence-corrected chi connectivity index (χ1v) is 9.10. The molecule has 3 rings (SSSR count). The van der Waals surface area contributed by atoms with Gasteiger partial charge in [0.2, 0.25) is 0 Å². The van der Waals surface area contributed by atoms with Crippen LogP contribution in [0.5, 0.6) is 0 Å². The van der Waals surface area contributed by atoms with E-state index in [1.54, 1.807) is 36.9 Å². The largest absolute Gasteiger partial charge is 0.326 e. The number of hydrogen-bond donors (Lipinski definition) is 1. The molecule has 5 nitrogen and oxygen atoms in total. The first-order valence-electron chi connectivity index (χ1n) is 8.30. The van der Waals surface area contributed by atoms with Crippen molar-refractivity contribution in [2.45, 2.75) is 20.8 Å². The number of benzene rings is 1. The molecule has 0 saturated heterocycles. The summed E-state index contributed by atoms with van der Waals surface area (Å²) >= 11 is 3.22. The van der Waals surface area contributed by atoms with Crippen LogP contribution in [0.15, 0.2) is 40.4 Å². The van der Waals surface area contributed by atoms with Gasteiger partial charge in [-0.05, 0) is 41.1 Å². The lowest BCUT2D eigenvalue weighted by atomic mass is 10.3. The minimum absolute atomic E-state index is 0.269. The van der Waals surface area contributed by atoms with Crippen molar-refractivity contribution in [3.8, 4) is 0 Å². The Hall–Kier alpha value is -2.48. The van der Waals surface area contributed by atoms with Crippen LogP contribution >= 0.6 is 15.9 Å². The Morgan fingerprint density at radius 2 is 1.93 bits per heavy atom. The maximum absolute atomic E-state index is 13.0. The maximum atomic E-state index is 13.0. The van der Waals surface area contributed by atoms with Gasteiger partial charge in [0.05, 0.1) is 11.2 Å². The van der Waals surface area contributed by atoms with Crippen molar-refractivity contribution < 1.29 is 8.78 Å². The van der Waals surface area contributed by atoms with Crippen molar-refractivity contribution >= 4 is 38.9 Å². The molecule has 0 amide bonds. The van der Waals surface area contributed by atoms with E-state index in [2.05, 4.69) is 32.5 Å². The Morgan fingerprint density at radius 1 is 1.30 bits per heavy atom. The van der Waals surface area contributed by atoms with Crippen molar-refractivity contribution in [2.24, 2.45) is 14.1 Å². The van der Waals surface area contributed by atoms with E-state index in [-0.39, 0.29) is 16.9 Å². The highest BCUT2D eigenvalue weighted by atomic mass is 79.9. The second-order valence-corrected chi connectivity index (χ2v) is 5.91. The second-order valence-electron chi connectivity index (χ2n) is 5.20. The van der Waals surface area contributed by atoms with E-state index in [0.29, 0.717) is 15.9 Å². The summed E-state index contributed by atoms with van der Waals surface area (Å²) in [5.41, 5.74) is 1.55. The first-order chi connectivity index (χ1) is 12.8. The monoisotopic (exact) mass is 440 g/mol. The van der Waals surface area contributed by atoms with Crippen LogP contribution in [0.4, 0.5) is 8.78 Å². The summed E-state index contributed by atoms with van der Waals surface area (Å²) in [6.45, 7) is 9.09. The van der Waals surface area contributed by atoms with E-state index in [9.17, 15) is 13.6 Å². The molecular formula is C19H23BrF2N4O. The fourth-order valence-electron chi connectivity index (χ4n) is 2.25. The molecule has 0 radical (unpaired) electrons. The van der Waals surface area contributed by atoms with Gasteiger partial charge in [-0.3, -0.25) is 4.57 Å². The average Bonchev–Trinajstić information content (AvgIpc) is 3.10. The summed E-state index contributed by atoms with van der Waals surface area (Å²) in [5.74, 6) is -0.917. The van der Waals surface area contributed by atoms with Crippen LogP contribution in [-0.4, -0.2) is 19.1 Å². The molecule has 2 aromatic heterocycles. The van der Waals surface area contributed by atoms with Gasteiger partial charge in [0.1, 0.15) is 22.9 Å². The molecule has 0 atom stereocenters. The molecule has 2 heterocycles. The number of aryl methyl sites for hydroxylation is 1. The average molecular weight is 441 g/mol. The number of allylic oxidation sites excluding steroid dienone is 1. The highest BCUT2D eigenvalue weighted by Gasteiger charge is 2.12. The number of imidazole rings is 2. The summed E-state index contributed by atoms with van der Waals surface area (Å²) in [7, 11) is 3.40. The Bertz CT molecular complexity index is 1010. The fraction of sp³-hybridized carbons (Fsp3) is 0.263.